The average Bonchev–Trinajstić information content (AvgIpc) is 2.36. The monoisotopic (exact) mass is 286 g/mol. The van der Waals surface area contributed by atoms with Crippen LogP contribution in [0.25, 0.3) is 0 Å². The van der Waals surface area contributed by atoms with Crippen LogP contribution in [0, 0.1) is 5.92 Å². The Kier molecular flexibility index (Phi) is 6.27. The number of rotatable bonds is 5. The third-order valence-electron chi connectivity index (χ3n) is 4.68. The van der Waals surface area contributed by atoms with Gasteiger partial charge < -0.3 is 19.5 Å². The number of hydrogen-bond acceptors (Lipinski definition) is 3. The van der Waals surface area contributed by atoms with Crippen LogP contribution in [-0.2, 0) is 9.47 Å². The lowest BCUT2D eigenvalue weighted by Gasteiger charge is -2.34. The molecule has 1 aliphatic heterocycles. The lowest BCUT2D eigenvalue weighted by molar-refractivity contribution is -0.918. The van der Waals surface area contributed by atoms with Gasteiger partial charge in [-0.1, -0.05) is 19.8 Å². The molecule has 1 aliphatic carbocycles. The predicted molar refractivity (Wildman–Crippen MR) is 79.0 cm³/mol. The largest absolute Gasteiger partial charge is 0.385 e. The lowest BCUT2D eigenvalue weighted by atomic mass is 9.88. The quantitative estimate of drug-likeness (QED) is 0.779. The Morgan fingerprint density at radius 2 is 1.80 bits per heavy atom. The topological polar surface area (TPSA) is 43.1 Å². The van der Waals surface area contributed by atoms with Gasteiger partial charge in [0.2, 0.25) is 0 Å². The van der Waals surface area contributed by atoms with Gasteiger partial charge in [-0.25, -0.2) is 0 Å². The van der Waals surface area contributed by atoms with Crippen LogP contribution in [0.15, 0.2) is 0 Å². The summed E-state index contributed by atoms with van der Waals surface area (Å²) in [5.74, 6) is 0.645. The van der Waals surface area contributed by atoms with E-state index in [1.165, 1.54) is 24.2 Å². The Morgan fingerprint density at radius 1 is 1.15 bits per heavy atom. The zero-order chi connectivity index (χ0) is 14.5. The predicted octanol–water partition coefficient (Wildman–Crippen LogP) is 0.635. The van der Waals surface area contributed by atoms with Gasteiger partial charge in [0.05, 0.1) is 12.7 Å². The van der Waals surface area contributed by atoms with Crippen LogP contribution in [0.5, 0.6) is 0 Å². The van der Waals surface area contributed by atoms with Crippen molar-refractivity contribution in [1.82, 2.24) is 0 Å². The molecule has 1 heterocycles. The summed E-state index contributed by atoms with van der Waals surface area (Å²) in [5, 5.41) is 10.2. The Morgan fingerprint density at radius 3 is 2.45 bits per heavy atom. The van der Waals surface area contributed by atoms with Crippen LogP contribution in [0.2, 0.25) is 0 Å². The molecule has 0 amide bonds. The van der Waals surface area contributed by atoms with Gasteiger partial charge in [0, 0.05) is 0 Å². The molecule has 0 bridgehead atoms. The van der Waals surface area contributed by atoms with Crippen molar-refractivity contribution in [1.29, 1.82) is 0 Å². The van der Waals surface area contributed by atoms with Crippen LogP contribution in [0.4, 0.5) is 0 Å². The first-order valence-electron chi connectivity index (χ1n) is 8.33. The summed E-state index contributed by atoms with van der Waals surface area (Å²) >= 11 is 0. The Bertz CT molecular complexity index is 277. The van der Waals surface area contributed by atoms with E-state index in [9.17, 15) is 5.11 Å². The second kappa shape index (κ2) is 7.74. The van der Waals surface area contributed by atoms with Crippen molar-refractivity contribution in [2.75, 3.05) is 26.2 Å². The molecule has 0 radical (unpaired) electrons. The molecule has 0 aromatic rings. The van der Waals surface area contributed by atoms with Crippen LogP contribution >= 0.6 is 0 Å². The summed E-state index contributed by atoms with van der Waals surface area (Å²) in [5.41, 5.74) is 0. The molecule has 2 aliphatic rings. The molecule has 1 saturated heterocycles. The number of nitrogens with one attached hydrogen (secondary N) is 1. The van der Waals surface area contributed by atoms with Gasteiger partial charge in [-0.2, -0.15) is 0 Å². The third-order valence-corrected chi connectivity index (χ3v) is 4.68. The molecule has 20 heavy (non-hydrogen) atoms. The van der Waals surface area contributed by atoms with E-state index in [2.05, 4.69) is 20.8 Å². The molecule has 6 atom stereocenters. The maximum atomic E-state index is 10.2. The maximum Gasteiger partial charge on any atom is 0.126 e. The van der Waals surface area contributed by atoms with Crippen molar-refractivity contribution < 1.29 is 19.5 Å². The number of hydrogen-bond donors (Lipinski definition) is 2. The van der Waals surface area contributed by atoms with Gasteiger partial charge in [-0.3, -0.25) is 0 Å². The fraction of sp³-hybridized carbons (Fsp3) is 1.00. The summed E-state index contributed by atoms with van der Waals surface area (Å²) in [7, 11) is 0. The van der Waals surface area contributed by atoms with Gasteiger partial charge >= 0.3 is 0 Å². The van der Waals surface area contributed by atoms with Crippen molar-refractivity contribution in [2.24, 2.45) is 5.92 Å². The lowest BCUT2D eigenvalue weighted by Crippen LogP contribution is -3.16. The summed E-state index contributed by atoms with van der Waals surface area (Å²) < 4.78 is 11.7. The second-order valence-corrected chi connectivity index (χ2v) is 6.91. The Labute approximate surface area is 123 Å². The summed E-state index contributed by atoms with van der Waals surface area (Å²) in [6, 6.07) is 0. The Balaban J connectivity index is 1.68. The molecular weight excluding hydrogens is 254 g/mol. The fourth-order valence-corrected chi connectivity index (χ4v) is 3.71. The molecule has 4 nitrogen and oxygen atoms in total. The van der Waals surface area contributed by atoms with E-state index in [4.69, 9.17) is 9.47 Å². The zero-order valence-electron chi connectivity index (χ0n) is 13.3. The van der Waals surface area contributed by atoms with Gasteiger partial charge in [-0.15, -0.1) is 0 Å². The molecule has 118 valence electrons. The molecule has 0 aromatic heterocycles. The SMILES string of the molecule is CC1CCCCC1OC[C@H](O)C[NH+]1C[C@@H](C)O[C@@H](C)C1. The minimum atomic E-state index is -0.350. The molecule has 0 aromatic carbocycles. The number of morpholine rings is 1. The molecule has 2 N–H and O–H groups in total. The number of quaternary nitrogens is 1. The second-order valence-electron chi connectivity index (χ2n) is 6.91. The minimum absolute atomic E-state index is 0.292. The highest BCUT2D eigenvalue weighted by molar-refractivity contribution is 4.73. The highest BCUT2D eigenvalue weighted by atomic mass is 16.5. The molecule has 4 heteroatoms. The first-order chi connectivity index (χ1) is 9.54. The molecule has 2 fully saturated rings. The standard InChI is InChI=1S/C16H31NO3/c1-12-6-4-5-7-16(12)19-11-15(18)10-17-8-13(2)20-14(3)9-17/h12-16,18H,4-11H2,1-3H3/p+1/t12?,13-,14+,15-,16?/m1/s1. The van der Waals surface area contributed by atoms with E-state index in [0.717, 1.165) is 26.1 Å². The van der Waals surface area contributed by atoms with Crippen molar-refractivity contribution in [2.45, 2.75) is 70.9 Å². The normalized spacial score (nSPS) is 40.5. The van der Waals surface area contributed by atoms with Crippen LogP contribution < -0.4 is 4.90 Å². The average molecular weight is 286 g/mol. The first kappa shape index (κ1) is 16.2. The van der Waals surface area contributed by atoms with Gasteiger partial charge in [0.15, 0.2) is 0 Å². The van der Waals surface area contributed by atoms with E-state index < -0.39 is 0 Å². The van der Waals surface area contributed by atoms with E-state index in [0.29, 0.717) is 30.8 Å². The van der Waals surface area contributed by atoms with Gasteiger partial charge in [0.1, 0.15) is 37.9 Å². The molecular formula is C16H32NO3+. The van der Waals surface area contributed by atoms with Gasteiger partial charge in [0.25, 0.3) is 0 Å². The number of ether oxygens (including phenoxy) is 2. The summed E-state index contributed by atoms with van der Waals surface area (Å²) in [6.07, 6.45) is 5.62. The van der Waals surface area contributed by atoms with E-state index >= 15 is 0 Å². The molecule has 2 rings (SSSR count). The van der Waals surface area contributed by atoms with Crippen LogP contribution in [0.1, 0.15) is 46.5 Å². The maximum absolute atomic E-state index is 10.2. The van der Waals surface area contributed by atoms with E-state index in [1.54, 1.807) is 0 Å². The van der Waals surface area contributed by atoms with Crippen molar-refractivity contribution in [3.05, 3.63) is 0 Å². The third kappa shape index (κ3) is 4.99. The summed E-state index contributed by atoms with van der Waals surface area (Å²) in [6.45, 7) is 9.74. The van der Waals surface area contributed by atoms with Gasteiger partial charge in [-0.05, 0) is 32.6 Å². The smallest absolute Gasteiger partial charge is 0.126 e. The van der Waals surface area contributed by atoms with Crippen molar-refractivity contribution >= 4 is 0 Å². The number of aliphatic hydroxyl groups excluding tert-OH is 1. The van der Waals surface area contributed by atoms with E-state index in [1.807, 2.05) is 0 Å². The van der Waals surface area contributed by atoms with Crippen molar-refractivity contribution in [3.8, 4) is 0 Å². The zero-order valence-corrected chi connectivity index (χ0v) is 13.3. The molecule has 1 saturated carbocycles. The highest BCUT2D eigenvalue weighted by Crippen LogP contribution is 2.26. The van der Waals surface area contributed by atoms with Crippen LogP contribution in [-0.4, -0.2) is 55.8 Å². The number of aliphatic hydroxyl groups is 1. The molecule has 3 unspecified atom stereocenters. The highest BCUT2D eigenvalue weighted by Gasteiger charge is 2.28. The fourth-order valence-electron chi connectivity index (χ4n) is 3.71. The molecule has 0 spiro atoms. The first-order valence-corrected chi connectivity index (χ1v) is 8.33. The van der Waals surface area contributed by atoms with E-state index in [-0.39, 0.29) is 6.10 Å². The Hall–Kier alpha value is -0.160. The minimum Gasteiger partial charge on any atom is -0.385 e. The van der Waals surface area contributed by atoms with Crippen molar-refractivity contribution in [3.63, 3.8) is 0 Å². The van der Waals surface area contributed by atoms with Crippen LogP contribution in [0.3, 0.4) is 0 Å². The summed E-state index contributed by atoms with van der Waals surface area (Å²) in [4.78, 5) is 1.43.